The summed E-state index contributed by atoms with van der Waals surface area (Å²) in [5, 5.41) is 10.7. The van der Waals surface area contributed by atoms with Gasteiger partial charge in [0.05, 0.1) is 5.69 Å². The van der Waals surface area contributed by atoms with Crippen molar-refractivity contribution in [3.8, 4) is 0 Å². The summed E-state index contributed by atoms with van der Waals surface area (Å²) in [6.45, 7) is 1.12. The summed E-state index contributed by atoms with van der Waals surface area (Å²) in [5.74, 6) is -4.88. The molecular formula is C9H6BrF2NO3. The summed E-state index contributed by atoms with van der Waals surface area (Å²) in [5.41, 5.74) is -1.50. The van der Waals surface area contributed by atoms with E-state index in [2.05, 4.69) is 21.2 Å². The Morgan fingerprint density at radius 2 is 2.00 bits per heavy atom. The number of halogens is 3. The minimum absolute atomic E-state index is 0.0669. The molecule has 1 aromatic rings. The fourth-order valence-electron chi connectivity index (χ4n) is 1.08. The van der Waals surface area contributed by atoms with Crippen LogP contribution in [0.2, 0.25) is 0 Å². The summed E-state index contributed by atoms with van der Waals surface area (Å²) in [7, 11) is 0. The molecule has 0 aliphatic carbocycles. The zero-order valence-electron chi connectivity index (χ0n) is 7.97. The van der Waals surface area contributed by atoms with E-state index in [0.717, 1.165) is 13.0 Å². The van der Waals surface area contributed by atoms with Crippen molar-refractivity contribution >= 4 is 33.5 Å². The number of carbonyl (C=O) groups is 2. The predicted molar refractivity (Wildman–Crippen MR) is 55.3 cm³/mol. The molecule has 0 saturated carbocycles. The zero-order chi connectivity index (χ0) is 12.5. The number of carboxylic acids is 1. The van der Waals surface area contributed by atoms with Crippen molar-refractivity contribution < 1.29 is 23.5 Å². The number of aromatic carboxylic acids is 1. The Kier molecular flexibility index (Phi) is 3.58. The second kappa shape index (κ2) is 4.56. The van der Waals surface area contributed by atoms with Crippen molar-refractivity contribution in [2.45, 2.75) is 6.92 Å². The molecule has 1 rings (SSSR count). The van der Waals surface area contributed by atoms with Crippen molar-refractivity contribution in [2.24, 2.45) is 0 Å². The first-order chi connectivity index (χ1) is 7.34. The normalized spacial score (nSPS) is 10.0. The van der Waals surface area contributed by atoms with Gasteiger partial charge in [-0.25, -0.2) is 13.6 Å². The molecule has 16 heavy (non-hydrogen) atoms. The molecule has 0 aliphatic rings. The molecule has 0 unspecified atom stereocenters. The summed E-state index contributed by atoms with van der Waals surface area (Å²) >= 11 is 2.82. The highest BCUT2D eigenvalue weighted by atomic mass is 79.9. The van der Waals surface area contributed by atoms with Gasteiger partial charge in [0.15, 0.2) is 5.82 Å². The van der Waals surface area contributed by atoms with Gasteiger partial charge in [-0.1, -0.05) is 0 Å². The van der Waals surface area contributed by atoms with Crippen molar-refractivity contribution in [2.75, 3.05) is 5.32 Å². The number of benzene rings is 1. The predicted octanol–water partition coefficient (Wildman–Crippen LogP) is 2.38. The molecule has 7 heteroatoms. The number of carboxylic acid groups (broad SMARTS) is 1. The van der Waals surface area contributed by atoms with Gasteiger partial charge in [0.25, 0.3) is 0 Å². The largest absolute Gasteiger partial charge is 0.477 e. The van der Waals surface area contributed by atoms with E-state index in [1.165, 1.54) is 0 Å². The molecule has 0 atom stereocenters. The molecule has 0 bridgehead atoms. The van der Waals surface area contributed by atoms with Crippen LogP contribution in [0.1, 0.15) is 17.3 Å². The highest BCUT2D eigenvalue weighted by Crippen LogP contribution is 2.30. The first-order valence-electron chi connectivity index (χ1n) is 4.03. The van der Waals surface area contributed by atoms with E-state index in [0.29, 0.717) is 0 Å². The molecule has 0 saturated heterocycles. The standard InChI is InChI=1S/C9H6BrF2NO3/c1-3(14)13-8-4(10)2-5(11)6(7(8)12)9(15)16/h2H,1H3,(H,13,14)(H,15,16). The lowest BCUT2D eigenvalue weighted by Gasteiger charge is -2.09. The number of anilines is 1. The van der Waals surface area contributed by atoms with E-state index in [9.17, 15) is 18.4 Å². The third-order valence-electron chi connectivity index (χ3n) is 1.68. The SMILES string of the molecule is CC(=O)Nc1c(Br)cc(F)c(C(=O)O)c1F. The van der Waals surface area contributed by atoms with Crippen LogP contribution in [-0.2, 0) is 4.79 Å². The first-order valence-corrected chi connectivity index (χ1v) is 4.82. The maximum Gasteiger partial charge on any atom is 0.341 e. The molecule has 0 spiro atoms. The average molecular weight is 294 g/mol. The van der Waals surface area contributed by atoms with E-state index < -0.39 is 34.8 Å². The van der Waals surface area contributed by atoms with Crippen LogP contribution in [0.5, 0.6) is 0 Å². The number of rotatable bonds is 2. The van der Waals surface area contributed by atoms with Crippen LogP contribution < -0.4 is 5.32 Å². The second-order valence-corrected chi connectivity index (χ2v) is 3.74. The van der Waals surface area contributed by atoms with Crippen LogP contribution in [0, 0.1) is 11.6 Å². The molecule has 0 aliphatic heterocycles. The van der Waals surface area contributed by atoms with Gasteiger partial charge in [-0.15, -0.1) is 0 Å². The van der Waals surface area contributed by atoms with Crippen LogP contribution in [0.25, 0.3) is 0 Å². The number of amides is 1. The zero-order valence-corrected chi connectivity index (χ0v) is 9.56. The Morgan fingerprint density at radius 3 is 2.44 bits per heavy atom. The van der Waals surface area contributed by atoms with Crippen molar-refractivity contribution in [1.82, 2.24) is 0 Å². The van der Waals surface area contributed by atoms with Gasteiger partial charge in [0.1, 0.15) is 11.4 Å². The maximum absolute atomic E-state index is 13.5. The van der Waals surface area contributed by atoms with E-state index in [1.54, 1.807) is 0 Å². The van der Waals surface area contributed by atoms with Crippen LogP contribution in [-0.4, -0.2) is 17.0 Å². The van der Waals surface area contributed by atoms with Crippen molar-refractivity contribution in [3.63, 3.8) is 0 Å². The molecule has 0 aromatic heterocycles. The highest BCUT2D eigenvalue weighted by Gasteiger charge is 2.23. The fraction of sp³-hybridized carbons (Fsp3) is 0.111. The number of nitrogens with one attached hydrogen (secondary N) is 1. The van der Waals surface area contributed by atoms with Gasteiger partial charge in [-0.2, -0.15) is 0 Å². The van der Waals surface area contributed by atoms with Gasteiger partial charge in [-0.05, 0) is 22.0 Å². The third kappa shape index (κ3) is 2.35. The molecule has 86 valence electrons. The van der Waals surface area contributed by atoms with Crippen molar-refractivity contribution in [1.29, 1.82) is 0 Å². The molecule has 0 radical (unpaired) electrons. The van der Waals surface area contributed by atoms with Crippen molar-refractivity contribution in [3.05, 3.63) is 27.7 Å². The van der Waals surface area contributed by atoms with E-state index in [4.69, 9.17) is 5.11 Å². The van der Waals surface area contributed by atoms with E-state index >= 15 is 0 Å². The third-order valence-corrected chi connectivity index (χ3v) is 2.31. The minimum Gasteiger partial charge on any atom is -0.477 e. The summed E-state index contributed by atoms with van der Waals surface area (Å²) in [6, 6.07) is 0.776. The minimum atomic E-state index is -1.74. The van der Waals surface area contributed by atoms with Crippen LogP contribution in [0.4, 0.5) is 14.5 Å². The molecular weight excluding hydrogens is 288 g/mol. The fourth-order valence-corrected chi connectivity index (χ4v) is 1.55. The van der Waals surface area contributed by atoms with Gasteiger partial charge in [0.2, 0.25) is 5.91 Å². The van der Waals surface area contributed by atoms with Crippen LogP contribution >= 0.6 is 15.9 Å². The Labute approximate surface area is 97.4 Å². The van der Waals surface area contributed by atoms with Crippen LogP contribution in [0.15, 0.2) is 10.5 Å². The van der Waals surface area contributed by atoms with E-state index in [1.807, 2.05) is 0 Å². The first kappa shape index (κ1) is 12.6. The molecule has 4 nitrogen and oxygen atoms in total. The second-order valence-electron chi connectivity index (χ2n) is 2.89. The van der Waals surface area contributed by atoms with Gasteiger partial charge in [0, 0.05) is 11.4 Å². The number of hydrogen-bond donors (Lipinski definition) is 2. The van der Waals surface area contributed by atoms with Gasteiger partial charge in [-0.3, -0.25) is 4.79 Å². The quantitative estimate of drug-likeness (QED) is 0.880. The Hall–Kier alpha value is -1.50. The maximum atomic E-state index is 13.5. The average Bonchev–Trinajstić information content (AvgIpc) is 2.10. The summed E-state index contributed by atoms with van der Waals surface area (Å²) < 4.78 is 26.6. The van der Waals surface area contributed by atoms with E-state index in [-0.39, 0.29) is 4.47 Å². The molecule has 0 fully saturated rings. The highest BCUT2D eigenvalue weighted by molar-refractivity contribution is 9.10. The monoisotopic (exact) mass is 293 g/mol. The molecule has 1 aromatic carbocycles. The smallest absolute Gasteiger partial charge is 0.341 e. The number of carbonyl (C=O) groups excluding carboxylic acids is 1. The molecule has 2 N–H and O–H groups in total. The Morgan fingerprint density at radius 1 is 1.44 bits per heavy atom. The summed E-state index contributed by atoms with van der Waals surface area (Å²) in [6.07, 6.45) is 0. The van der Waals surface area contributed by atoms with Gasteiger partial charge < -0.3 is 10.4 Å². The lowest BCUT2D eigenvalue weighted by molar-refractivity contribution is -0.114. The Bertz CT molecular complexity index is 476. The van der Waals surface area contributed by atoms with Crippen LogP contribution in [0.3, 0.4) is 0 Å². The summed E-state index contributed by atoms with van der Waals surface area (Å²) in [4.78, 5) is 21.3. The number of hydrogen-bond acceptors (Lipinski definition) is 2. The lowest BCUT2D eigenvalue weighted by Crippen LogP contribution is -2.13. The lowest BCUT2D eigenvalue weighted by atomic mass is 10.1. The van der Waals surface area contributed by atoms with Gasteiger partial charge >= 0.3 is 5.97 Å². The topological polar surface area (TPSA) is 66.4 Å². The molecule has 0 heterocycles. The Balaban J connectivity index is 3.44. The molecule has 1 amide bonds.